The van der Waals surface area contributed by atoms with Crippen LogP contribution in [-0.2, 0) is 4.79 Å². The second kappa shape index (κ2) is 5.30. The Labute approximate surface area is 126 Å². The van der Waals surface area contributed by atoms with E-state index in [4.69, 9.17) is 11.5 Å². The highest BCUT2D eigenvalue weighted by Crippen LogP contribution is 2.47. The van der Waals surface area contributed by atoms with Crippen LogP contribution in [-0.4, -0.2) is 11.8 Å². The summed E-state index contributed by atoms with van der Waals surface area (Å²) in [4.78, 5) is 12.9. The van der Waals surface area contributed by atoms with Crippen molar-refractivity contribution in [2.24, 2.45) is 11.5 Å². The van der Waals surface area contributed by atoms with Gasteiger partial charge in [0.2, 0.25) is 0 Å². The summed E-state index contributed by atoms with van der Waals surface area (Å²) in [5.74, 6) is 0.212. The molecule has 0 bridgehead atoms. The molecule has 0 spiro atoms. The predicted octanol–water partition coefficient (Wildman–Crippen LogP) is 3.04. The molecule has 3 rings (SSSR count). The number of hydrogen-bond acceptors (Lipinski definition) is 3. The molecule has 3 aliphatic carbocycles. The molecule has 112 valence electrons. The van der Waals surface area contributed by atoms with Crippen LogP contribution in [0.2, 0.25) is 0 Å². The fourth-order valence-electron chi connectivity index (χ4n) is 3.55. The van der Waals surface area contributed by atoms with Crippen molar-refractivity contribution in [2.75, 3.05) is 0 Å². The highest BCUT2D eigenvalue weighted by atomic mass is 16.1. The zero-order chi connectivity index (χ0) is 15.1. The van der Waals surface area contributed by atoms with Gasteiger partial charge in [-0.25, -0.2) is 0 Å². The molecule has 0 amide bonds. The molecule has 1 fully saturated rings. The fraction of sp³-hybridized carbons (Fsp3) is 0.500. The number of Topliss-reactive ketones (excluding diaryl/α,β-unsaturated/α-hetero) is 1. The van der Waals surface area contributed by atoms with E-state index in [2.05, 4.69) is 13.5 Å². The van der Waals surface area contributed by atoms with E-state index in [0.717, 1.165) is 36.0 Å². The molecular weight excluding hydrogens is 260 g/mol. The average molecular weight is 284 g/mol. The van der Waals surface area contributed by atoms with E-state index in [0.29, 0.717) is 12.1 Å². The van der Waals surface area contributed by atoms with Gasteiger partial charge in [0.15, 0.2) is 5.78 Å². The van der Waals surface area contributed by atoms with E-state index in [1.165, 1.54) is 36.0 Å². The van der Waals surface area contributed by atoms with E-state index < -0.39 is 0 Å². The lowest BCUT2D eigenvalue weighted by molar-refractivity contribution is -0.112. The molecule has 3 heteroatoms. The smallest absolute Gasteiger partial charge is 0.185 e. The summed E-state index contributed by atoms with van der Waals surface area (Å²) in [6.07, 6.45) is 7.16. The maximum Gasteiger partial charge on any atom is 0.185 e. The third kappa shape index (κ3) is 2.51. The van der Waals surface area contributed by atoms with Gasteiger partial charge in [0.05, 0.1) is 0 Å². The maximum absolute atomic E-state index is 12.9. The van der Waals surface area contributed by atoms with E-state index >= 15 is 0 Å². The highest BCUT2D eigenvalue weighted by Gasteiger charge is 2.34. The summed E-state index contributed by atoms with van der Waals surface area (Å²) in [5, 5.41) is 0. The first-order valence-electron chi connectivity index (χ1n) is 7.89. The lowest BCUT2D eigenvalue weighted by Gasteiger charge is -2.30. The SMILES string of the molecule is C=C(N)C(N)CC1=C(C)C(=C2CC2)C2=C(CCCC2)C1=O. The standard InChI is InChI=1S/C18H24N2O/c1-10-15(9-16(20)11(2)19)18(21)14-6-4-3-5-13(14)17(10)12-7-8-12/h16H,2-9,19-20H2,1H3. The van der Waals surface area contributed by atoms with Gasteiger partial charge < -0.3 is 11.5 Å². The summed E-state index contributed by atoms with van der Waals surface area (Å²) < 4.78 is 0. The third-order valence-corrected chi connectivity index (χ3v) is 4.90. The molecule has 1 saturated carbocycles. The Kier molecular flexibility index (Phi) is 3.62. The minimum atomic E-state index is -0.338. The van der Waals surface area contributed by atoms with Crippen molar-refractivity contribution < 1.29 is 4.79 Å². The number of rotatable bonds is 3. The zero-order valence-electron chi connectivity index (χ0n) is 12.8. The van der Waals surface area contributed by atoms with Crippen LogP contribution in [0.25, 0.3) is 0 Å². The van der Waals surface area contributed by atoms with Gasteiger partial charge in [-0.05, 0) is 68.6 Å². The van der Waals surface area contributed by atoms with Crippen molar-refractivity contribution in [3.63, 3.8) is 0 Å². The average Bonchev–Trinajstić information content (AvgIpc) is 3.28. The van der Waals surface area contributed by atoms with Crippen molar-refractivity contribution in [1.82, 2.24) is 0 Å². The number of nitrogens with two attached hydrogens (primary N) is 2. The van der Waals surface area contributed by atoms with Crippen LogP contribution in [0.4, 0.5) is 0 Å². The molecule has 21 heavy (non-hydrogen) atoms. The Morgan fingerprint density at radius 2 is 1.81 bits per heavy atom. The normalized spacial score (nSPS) is 23.4. The first-order chi connectivity index (χ1) is 10.0. The van der Waals surface area contributed by atoms with Crippen LogP contribution >= 0.6 is 0 Å². The second-order valence-electron chi connectivity index (χ2n) is 6.46. The molecule has 1 atom stereocenters. The van der Waals surface area contributed by atoms with Gasteiger partial charge >= 0.3 is 0 Å². The van der Waals surface area contributed by atoms with Crippen molar-refractivity contribution >= 4 is 5.78 Å². The van der Waals surface area contributed by atoms with Gasteiger partial charge in [-0.1, -0.05) is 12.2 Å². The Hall–Kier alpha value is -1.61. The van der Waals surface area contributed by atoms with Crippen LogP contribution in [0.3, 0.4) is 0 Å². The lowest BCUT2D eigenvalue weighted by atomic mass is 9.74. The van der Waals surface area contributed by atoms with Crippen LogP contribution < -0.4 is 11.5 Å². The van der Waals surface area contributed by atoms with Crippen molar-refractivity contribution in [1.29, 1.82) is 0 Å². The number of allylic oxidation sites excluding steroid dienone is 5. The fourth-order valence-corrected chi connectivity index (χ4v) is 3.55. The van der Waals surface area contributed by atoms with E-state index in [1.54, 1.807) is 0 Å². The molecule has 3 aliphatic rings. The molecule has 0 radical (unpaired) electrons. The Balaban J connectivity index is 2.04. The molecule has 4 N–H and O–H groups in total. The summed E-state index contributed by atoms with van der Waals surface area (Å²) in [6.45, 7) is 5.80. The van der Waals surface area contributed by atoms with Gasteiger partial charge in [-0.2, -0.15) is 0 Å². The summed E-state index contributed by atoms with van der Waals surface area (Å²) in [5.41, 5.74) is 19.5. The van der Waals surface area contributed by atoms with E-state index in [-0.39, 0.29) is 11.8 Å². The van der Waals surface area contributed by atoms with Crippen LogP contribution in [0.5, 0.6) is 0 Å². The van der Waals surface area contributed by atoms with Crippen molar-refractivity contribution in [3.8, 4) is 0 Å². The Morgan fingerprint density at radius 3 is 2.38 bits per heavy atom. The topological polar surface area (TPSA) is 69.1 Å². The van der Waals surface area contributed by atoms with Gasteiger partial charge in [0.1, 0.15) is 0 Å². The first kappa shape index (κ1) is 14.3. The maximum atomic E-state index is 12.9. The van der Waals surface area contributed by atoms with Gasteiger partial charge in [-0.15, -0.1) is 0 Å². The molecule has 0 aromatic heterocycles. The number of carbonyl (C=O) groups excluding carboxylic acids is 1. The number of ketones is 1. The van der Waals surface area contributed by atoms with Crippen LogP contribution in [0.1, 0.15) is 51.9 Å². The molecule has 0 saturated heterocycles. The van der Waals surface area contributed by atoms with Crippen LogP contribution in [0, 0.1) is 0 Å². The van der Waals surface area contributed by atoms with Crippen LogP contribution in [0.15, 0.2) is 45.7 Å². The minimum Gasteiger partial charge on any atom is -0.401 e. The minimum absolute atomic E-state index is 0.212. The Morgan fingerprint density at radius 1 is 1.19 bits per heavy atom. The molecule has 0 aromatic carbocycles. The van der Waals surface area contributed by atoms with Crippen molar-refractivity contribution in [2.45, 2.75) is 57.9 Å². The lowest BCUT2D eigenvalue weighted by Crippen LogP contribution is -2.31. The first-order valence-corrected chi connectivity index (χ1v) is 7.89. The van der Waals surface area contributed by atoms with Gasteiger partial charge in [-0.3, -0.25) is 4.79 Å². The summed E-state index contributed by atoms with van der Waals surface area (Å²) in [7, 11) is 0. The quantitative estimate of drug-likeness (QED) is 0.837. The van der Waals surface area contributed by atoms with Gasteiger partial charge in [0, 0.05) is 22.9 Å². The molecule has 3 nitrogen and oxygen atoms in total. The van der Waals surface area contributed by atoms with Gasteiger partial charge in [0.25, 0.3) is 0 Å². The molecule has 1 unspecified atom stereocenters. The zero-order valence-corrected chi connectivity index (χ0v) is 12.8. The highest BCUT2D eigenvalue weighted by molar-refractivity contribution is 6.12. The van der Waals surface area contributed by atoms with E-state index in [9.17, 15) is 4.79 Å². The van der Waals surface area contributed by atoms with Crippen molar-refractivity contribution in [3.05, 3.63) is 45.7 Å². The third-order valence-electron chi connectivity index (χ3n) is 4.90. The predicted molar refractivity (Wildman–Crippen MR) is 85.4 cm³/mol. The molecular formula is C18H24N2O. The summed E-state index contributed by atoms with van der Waals surface area (Å²) >= 11 is 0. The molecule has 0 heterocycles. The Bertz CT molecular complexity index is 613. The second-order valence-corrected chi connectivity index (χ2v) is 6.46. The number of carbonyl (C=O) groups is 1. The largest absolute Gasteiger partial charge is 0.401 e. The molecule has 0 aliphatic heterocycles. The molecule has 0 aromatic rings. The summed E-state index contributed by atoms with van der Waals surface area (Å²) in [6, 6.07) is -0.338. The van der Waals surface area contributed by atoms with E-state index in [1.807, 2.05) is 0 Å². The number of hydrogen-bond donors (Lipinski definition) is 2. The monoisotopic (exact) mass is 284 g/mol.